The summed E-state index contributed by atoms with van der Waals surface area (Å²) in [6.07, 6.45) is 1.45. The molecule has 0 atom stereocenters. The van der Waals surface area contributed by atoms with Crippen molar-refractivity contribution >= 4 is 28.9 Å². The number of hydrogen-bond donors (Lipinski definition) is 2. The van der Waals surface area contributed by atoms with Crippen LogP contribution in [0.2, 0.25) is 5.02 Å². The number of nitrogens with two attached hydrogens (primary N) is 1. The Morgan fingerprint density at radius 2 is 2.21 bits per heavy atom. The monoisotopic (exact) mass is 279 g/mol. The molecule has 1 aromatic carbocycles. The first-order valence-electron chi connectivity index (χ1n) is 5.46. The first-order valence-corrected chi connectivity index (χ1v) is 5.84. The van der Waals surface area contributed by atoms with Crippen LogP contribution in [-0.4, -0.2) is 10.9 Å². The van der Waals surface area contributed by atoms with Crippen LogP contribution in [0.5, 0.6) is 0 Å². The molecular formula is C13H11ClFN3O. The Balaban J connectivity index is 2.34. The molecule has 2 rings (SSSR count). The van der Waals surface area contributed by atoms with Crippen molar-refractivity contribution in [3.05, 3.63) is 52.6 Å². The summed E-state index contributed by atoms with van der Waals surface area (Å²) in [5.74, 6) is -1.11. The van der Waals surface area contributed by atoms with Crippen molar-refractivity contribution in [1.82, 2.24) is 4.98 Å². The van der Waals surface area contributed by atoms with Gasteiger partial charge in [0.05, 0.1) is 33.9 Å². The van der Waals surface area contributed by atoms with Gasteiger partial charge in [0, 0.05) is 0 Å². The smallest absolute Gasteiger partial charge is 0.257 e. The van der Waals surface area contributed by atoms with Gasteiger partial charge >= 0.3 is 0 Å². The van der Waals surface area contributed by atoms with Gasteiger partial charge in [-0.3, -0.25) is 9.78 Å². The third kappa shape index (κ3) is 2.82. The fraction of sp³-hybridized carbons (Fsp3) is 0.0769. The van der Waals surface area contributed by atoms with Crippen molar-refractivity contribution < 1.29 is 9.18 Å². The molecule has 0 aliphatic rings. The number of aromatic nitrogens is 1. The second kappa shape index (κ2) is 5.24. The van der Waals surface area contributed by atoms with Crippen LogP contribution in [-0.2, 0) is 0 Å². The molecule has 0 saturated heterocycles. The molecule has 1 aromatic heterocycles. The Labute approximate surface area is 114 Å². The molecule has 19 heavy (non-hydrogen) atoms. The van der Waals surface area contributed by atoms with E-state index in [0.29, 0.717) is 11.4 Å². The summed E-state index contributed by atoms with van der Waals surface area (Å²) < 4.78 is 13.6. The minimum absolute atomic E-state index is 0.0593. The second-order valence-electron chi connectivity index (χ2n) is 3.95. The zero-order valence-electron chi connectivity index (χ0n) is 10.1. The van der Waals surface area contributed by atoms with Gasteiger partial charge in [-0.05, 0) is 25.1 Å². The Morgan fingerprint density at radius 3 is 2.89 bits per heavy atom. The normalized spacial score (nSPS) is 10.3. The fourth-order valence-corrected chi connectivity index (χ4v) is 1.79. The zero-order chi connectivity index (χ0) is 14.0. The number of nitrogen functional groups attached to an aromatic ring is 1. The Hall–Kier alpha value is -2.14. The SMILES string of the molecule is Cc1ncc(N)cc1C(=O)Nc1c(F)cccc1Cl. The maximum atomic E-state index is 13.6. The molecule has 3 N–H and O–H groups in total. The zero-order valence-corrected chi connectivity index (χ0v) is 10.8. The van der Waals surface area contributed by atoms with Crippen molar-refractivity contribution in [3.8, 4) is 0 Å². The quantitative estimate of drug-likeness (QED) is 0.888. The molecule has 4 nitrogen and oxygen atoms in total. The molecule has 0 spiro atoms. The third-order valence-electron chi connectivity index (χ3n) is 2.55. The van der Waals surface area contributed by atoms with Crippen LogP contribution in [0.25, 0.3) is 0 Å². The molecule has 6 heteroatoms. The van der Waals surface area contributed by atoms with E-state index in [-0.39, 0.29) is 16.3 Å². The third-order valence-corrected chi connectivity index (χ3v) is 2.87. The van der Waals surface area contributed by atoms with Crippen LogP contribution >= 0.6 is 11.6 Å². The number of amides is 1. The highest BCUT2D eigenvalue weighted by Crippen LogP contribution is 2.25. The van der Waals surface area contributed by atoms with Crippen LogP contribution in [0, 0.1) is 12.7 Å². The number of halogens is 2. The van der Waals surface area contributed by atoms with Gasteiger partial charge < -0.3 is 11.1 Å². The van der Waals surface area contributed by atoms with Crippen LogP contribution in [0.4, 0.5) is 15.8 Å². The summed E-state index contributed by atoms with van der Waals surface area (Å²) in [7, 11) is 0. The van der Waals surface area contributed by atoms with Gasteiger partial charge in [0.2, 0.25) is 0 Å². The van der Waals surface area contributed by atoms with Crippen molar-refractivity contribution in [3.63, 3.8) is 0 Å². The number of anilines is 2. The Kier molecular flexibility index (Phi) is 3.66. The molecule has 0 aliphatic carbocycles. The predicted molar refractivity (Wildman–Crippen MR) is 72.7 cm³/mol. The van der Waals surface area contributed by atoms with E-state index < -0.39 is 11.7 Å². The van der Waals surface area contributed by atoms with E-state index in [0.717, 1.165) is 0 Å². The van der Waals surface area contributed by atoms with Crippen molar-refractivity contribution in [2.75, 3.05) is 11.1 Å². The van der Waals surface area contributed by atoms with Crippen LogP contribution in [0.15, 0.2) is 30.5 Å². The summed E-state index contributed by atoms with van der Waals surface area (Å²) in [6, 6.07) is 5.64. The summed E-state index contributed by atoms with van der Waals surface area (Å²) in [4.78, 5) is 16.0. The highest BCUT2D eigenvalue weighted by atomic mass is 35.5. The largest absolute Gasteiger partial charge is 0.397 e. The van der Waals surface area contributed by atoms with Gasteiger partial charge in [0.1, 0.15) is 5.82 Å². The van der Waals surface area contributed by atoms with E-state index in [1.165, 1.54) is 30.5 Å². The average Bonchev–Trinajstić information content (AvgIpc) is 2.37. The van der Waals surface area contributed by atoms with Crippen molar-refractivity contribution in [2.45, 2.75) is 6.92 Å². The number of rotatable bonds is 2. The standard InChI is InChI=1S/C13H11ClFN3O/c1-7-9(5-8(16)6-17-7)13(19)18-12-10(14)3-2-4-11(12)15/h2-6H,16H2,1H3,(H,18,19). The first-order chi connectivity index (χ1) is 8.99. The second-order valence-corrected chi connectivity index (χ2v) is 4.36. The number of hydrogen-bond acceptors (Lipinski definition) is 3. The fourth-order valence-electron chi connectivity index (χ4n) is 1.58. The van der Waals surface area contributed by atoms with E-state index in [1.54, 1.807) is 6.92 Å². The number of pyridine rings is 1. The number of aryl methyl sites for hydroxylation is 1. The topological polar surface area (TPSA) is 68.0 Å². The average molecular weight is 280 g/mol. The van der Waals surface area contributed by atoms with Crippen LogP contribution in [0.3, 0.4) is 0 Å². The van der Waals surface area contributed by atoms with Gasteiger partial charge in [0.25, 0.3) is 5.91 Å². The number of nitrogens with one attached hydrogen (secondary N) is 1. The van der Waals surface area contributed by atoms with E-state index in [4.69, 9.17) is 17.3 Å². The van der Waals surface area contributed by atoms with E-state index in [9.17, 15) is 9.18 Å². The Morgan fingerprint density at radius 1 is 1.47 bits per heavy atom. The summed E-state index contributed by atoms with van der Waals surface area (Å²) >= 11 is 5.84. The van der Waals surface area contributed by atoms with Gasteiger partial charge in [-0.2, -0.15) is 0 Å². The summed E-state index contributed by atoms with van der Waals surface area (Å²) in [5.41, 5.74) is 6.65. The van der Waals surface area contributed by atoms with Gasteiger partial charge in [-0.25, -0.2) is 4.39 Å². The van der Waals surface area contributed by atoms with Crippen LogP contribution in [0.1, 0.15) is 16.1 Å². The van der Waals surface area contributed by atoms with E-state index in [1.807, 2.05) is 0 Å². The highest BCUT2D eigenvalue weighted by Gasteiger charge is 2.14. The number of nitrogens with zero attached hydrogens (tertiary/aromatic N) is 1. The predicted octanol–water partition coefficient (Wildman–Crippen LogP) is 3.02. The molecular weight excluding hydrogens is 269 g/mol. The molecule has 0 fully saturated rings. The molecule has 2 aromatic rings. The van der Waals surface area contributed by atoms with Crippen molar-refractivity contribution in [1.29, 1.82) is 0 Å². The molecule has 1 amide bonds. The van der Waals surface area contributed by atoms with Gasteiger partial charge in [0.15, 0.2) is 0 Å². The van der Waals surface area contributed by atoms with E-state index in [2.05, 4.69) is 10.3 Å². The van der Waals surface area contributed by atoms with Crippen LogP contribution < -0.4 is 11.1 Å². The van der Waals surface area contributed by atoms with Gasteiger partial charge in [-0.1, -0.05) is 17.7 Å². The Bertz CT molecular complexity index is 626. The first kappa shape index (κ1) is 13.3. The number of carbonyl (C=O) groups is 1. The van der Waals surface area contributed by atoms with Crippen molar-refractivity contribution in [2.24, 2.45) is 0 Å². The number of carbonyl (C=O) groups excluding carboxylic acids is 1. The summed E-state index contributed by atoms with van der Waals surface area (Å²) in [6.45, 7) is 1.66. The molecule has 0 radical (unpaired) electrons. The minimum Gasteiger partial charge on any atom is -0.397 e. The molecule has 0 bridgehead atoms. The van der Waals surface area contributed by atoms with E-state index >= 15 is 0 Å². The lowest BCUT2D eigenvalue weighted by Crippen LogP contribution is -2.15. The molecule has 0 saturated carbocycles. The number of para-hydroxylation sites is 1. The highest BCUT2D eigenvalue weighted by molar-refractivity contribution is 6.34. The molecule has 0 unspecified atom stereocenters. The maximum Gasteiger partial charge on any atom is 0.257 e. The molecule has 1 heterocycles. The summed E-state index contributed by atoms with van der Waals surface area (Å²) in [5, 5.41) is 2.55. The number of benzene rings is 1. The molecule has 0 aliphatic heterocycles. The lowest BCUT2D eigenvalue weighted by atomic mass is 10.1. The lowest BCUT2D eigenvalue weighted by molar-refractivity contribution is 0.102. The lowest BCUT2D eigenvalue weighted by Gasteiger charge is -2.10. The molecule has 98 valence electrons. The maximum absolute atomic E-state index is 13.6. The minimum atomic E-state index is -0.602. The van der Waals surface area contributed by atoms with Gasteiger partial charge in [-0.15, -0.1) is 0 Å².